The van der Waals surface area contributed by atoms with Gasteiger partial charge in [0.1, 0.15) is 6.61 Å². The molecule has 4 N–H and O–H groups in total. The molecule has 1 fully saturated rings. The highest BCUT2D eigenvalue weighted by Gasteiger charge is 2.25. The molecule has 1 saturated heterocycles. The average molecular weight is 293 g/mol. The fourth-order valence-corrected chi connectivity index (χ4v) is 3.17. The van der Waals surface area contributed by atoms with Crippen molar-refractivity contribution in [1.29, 1.82) is 0 Å². The molecule has 0 aliphatic carbocycles. The van der Waals surface area contributed by atoms with Crippen molar-refractivity contribution in [2.75, 3.05) is 37.8 Å². The van der Waals surface area contributed by atoms with E-state index in [-0.39, 0.29) is 49.6 Å². The Morgan fingerprint density at radius 2 is 2.16 bits per heavy atom. The van der Waals surface area contributed by atoms with E-state index in [1.54, 1.807) is 0 Å². The molecule has 0 bridgehead atoms. The Kier molecular flexibility index (Phi) is 6.19. The van der Waals surface area contributed by atoms with Crippen LogP contribution in [0, 0.1) is 0 Å². The highest BCUT2D eigenvalue weighted by molar-refractivity contribution is 7.91. The molecule has 1 rings (SSSR count). The highest BCUT2D eigenvalue weighted by atomic mass is 32.2. The van der Waals surface area contributed by atoms with Crippen LogP contribution in [0.5, 0.6) is 0 Å². The molecule has 2 amide bonds. The van der Waals surface area contributed by atoms with Gasteiger partial charge in [0.05, 0.1) is 18.1 Å². The van der Waals surface area contributed by atoms with E-state index < -0.39 is 15.7 Å². The van der Waals surface area contributed by atoms with E-state index in [9.17, 15) is 18.0 Å². The molecule has 19 heavy (non-hydrogen) atoms. The first-order valence-corrected chi connectivity index (χ1v) is 7.78. The lowest BCUT2D eigenvalue weighted by molar-refractivity contribution is -0.122. The standard InChI is InChI=1S/C10H19N3O5S/c11-9(14)6-18-3-1-13-10(15)5-8-7-19(16,17)4-2-12-8/h8,12H,1-7H2,(H2,11,14)(H,13,15). The highest BCUT2D eigenvalue weighted by Crippen LogP contribution is 2.04. The first-order chi connectivity index (χ1) is 8.89. The molecule has 0 aromatic heterocycles. The van der Waals surface area contributed by atoms with Crippen LogP contribution in [0.4, 0.5) is 0 Å². The van der Waals surface area contributed by atoms with Crippen molar-refractivity contribution >= 4 is 21.7 Å². The van der Waals surface area contributed by atoms with E-state index in [4.69, 9.17) is 10.5 Å². The van der Waals surface area contributed by atoms with Crippen LogP contribution in [0.15, 0.2) is 0 Å². The summed E-state index contributed by atoms with van der Waals surface area (Å²) in [5, 5.41) is 5.57. The smallest absolute Gasteiger partial charge is 0.243 e. The molecule has 0 radical (unpaired) electrons. The molecule has 1 heterocycles. The molecule has 1 atom stereocenters. The topological polar surface area (TPSA) is 128 Å². The van der Waals surface area contributed by atoms with Gasteiger partial charge in [0.15, 0.2) is 9.84 Å². The van der Waals surface area contributed by atoms with Gasteiger partial charge in [0.2, 0.25) is 11.8 Å². The number of carbonyl (C=O) groups is 2. The zero-order valence-corrected chi connectivity index (χ0v) is 11.4. The molecule has 0 saturated carbocycles. The Bertz CT molecular complexity index is 423. The van der Waals surface area contributed by atoms with Crippen LogP contribution >= 0.6 is 0 Å². The maximum absolute atomic E-state index is 11.5. The van der Waals surface area contributed by atoms with Gasteiger partial charge in [-0.15, -0.1) is 0 Å². The van der Waals surface area contributed by atoms with Crippen LogP contribution in [0.1, 0.15) is 6.42 Å². The zero-order valence-electron chi connectivity index (χ0n) is 10.6. The van der Waals surface area contributed by atoms with Gasteiger partial charge in [-0.05, 0) is 0 Å². The van der Waals surface area contributed by atoms with Gasteiger partial charge in [-0.3, -0.25) is 9.59 Å². The second-order valence-electron chi connectivity index (χ2n) is 4.34. The number of rotatable bonds is 7. The molecule has 9 heteroatoms. The summed E-state index contributed by atoms with van der Waals surface area (Å²) in [7, 11) is -3.03. The Morgan fingerprint density at radius 3 is 2.79 bits per heavy atom. The van der Waals surface area contributed by atoms with Gasteiger partial charge < -0.3 is 21.1 Å². The van der Waals surface area contributed by atoms with Crippen LogP contribution < -0.4 is 16.4 Å². The summed E-state index contributed by atoms with van der Waals surface area (Å²) >= 11 is 0. The van der Waals surface area contributed by atoms with Gasteiger partial charge in [-0.1, -0.05) is 0 Å². The summed E-state index contributed by atoms with van der Waals surface area (Å²) in [6, 6.07) is -0.342. The summed E-state index contributed by atoms with van der Waals surface area (Å²) in [4.78, 5) is 21.9. The number of nitrogens with one attached hydrogen (secondary N) is 2. The third kappa shape index (κ3) is 7.09. The number of nitrogens with two attached hydrogens (primary N) is 1. The quantitative estimate of drug-likeness (QED) is 0.441. The van der Waals surface area contributed by atoms with Crippen molar-refractivity contribution in [2.45, 2.75) is 12.5 Å². The normalized spacial score (nSPS) is 21.8. The van der Waals surface area contributed by atoms with Gasteiger partial charge in [-0.25, -0.2) is 8.42 Å². The SMILES string of the molecule is NC(=O)COCCNC(=O)CC1CS(=O)(=O)CCN1. The van der Waals surface area contributed by atoms with Gasteiger partial charge in [0.25, 0.3) is 0 Å². The summed E-state index contributed by atoms with van der Waals surface area (Å²) in [6.07, 6.45) is 0.106. The molecule has 0 aromatic rings. The van der Waals surface area contributed by atoms with E-state index in [2.05, 4.69) is 10.6 Å². The monoisotopic (exact) mass is 293 g/mol. The van der Waals surface area contributed by atoms with E-state index >= 15 is 0 Å². The summed E-state index contributed by atoms with van der Waals surface area (Å²) in [6.45, 7) is 0.636. The molecule has 0 aromatic carbocycles. The first kappa shape index (κ1) is 15.9. The minimum absolute atomic E-state index is 0.0153. The second kappa shape index (κ2) is 7.41. The lowest BCUT2D eigenvalue weighted by Crippen LogP contribution is -2.47. The Labute approximate surface area is 112 Å². The average Bonchev–Trinajstić information content (AvgIpc) is 2.26. The van der Waals surface area contributed by atoms with Crippen LogP contribution in [0.25, 0.3) is 0 Å². The molecule has 1 aliphatic rings. The molecular formula is C10H19N3O5S. The molecule has 110 valence electrons. The lowest BCUT2D eigenvalue weighted by Gasteiger charge is -2.23. The van der Waals surface area contributed by atoms with E-state index in [0.29, 0.717) is 6.54 Å². The maximum atomic E-state index is 11.5. The Morgan fingerprint density at radius 1 is 1.42 bits per heavy atom. The van der Waals surface area contributed by atoms with E-state index in [1.807, 2.05) is 0 Å². The van der Waals surface area contributed by atoms with Crippen molar-refractivity contribution < 1.29 is 22.7 Å². The predicted molar refractivity (Wildman–Crippen MR) is 68.1 cm³/mol. The van der Waals surface area contributed by atoms with Crippen LogP contribution in [-0.4, -0.2) is 64.1 Å². The van der Waals surface area contributed by atoms with Crippen LogP contribution in [-0.2, 0) is 24.2 Å². The van der Waals surface area contributed by atoms with Gasteiger partial charge in [-0.2, -0.15) is 0 Å². The van der Waals surface area contributed by atoms with Crippen molar-refractivity contribution in [1.82, 2.24) is 10.6 Å². The molecule has 1 aliphatic heterocycles. The van der Waals surface area contributed by atoms with Crippen molar-refractivity contribution in [2.24, 2.45) is 5.73 Å². The summed E-state index contributed by atoms with van der Waals surface area (Å²) in [5.74, 6) is -0.717. The van der Waals surface area contributed by atoms with Gasteiger partial charge in [0, 0.05) is 25.6 Å². The summed E-state index contributed by atoms with van der Waals surface area (Å²) < 4.78 is 27.6. The zero-order chi connectivity index (χ0) is 14.3. The Hall–Kier alpha value is -1.19. The maximum Gasteiger partial charge on any atom is 0.243 e. The number of amides is 2. The van der Waals surface area contributed by atoms with E-state index in [0.717, 1.165) is 0 Å². The molecule has 0 spiro atoms. The second-order valence-corrected chi connectivity index (χ2v) is 6.57. The minimum atomic E-state index is -3.03. The fraction of sp³-hybridized carbons (Fsp3) is 0.800. The van der Waals surface area contributed by atoms with Crippen molar-refractivity contribution in [3.05, 3.63) is 0 Å². The molecule has 8 nitrogen and oxygen atoms in total. The molecular weight excluding hydrogens is 274 g/mol. The fourth-order valence-electron chi connectivity index (χ4n) is 1.73. The number of carbonyl (C=O) groups excluding carboxylic acids is 2. The van der Waals surface area contributed by atoms with Gasteiger partial charge >= 0.3 is 0 Å². The summed E-state index contributed by atoms with van der Waals surface area (Å²) in [5.41, 5.74) is 4.87. The number of primary amides is 1. The number of hydrogen-bond donors (Lipinski definition) is 3. The number of ether oxygens (including phenoxy) is 1. The minimum Gasteiger partial charge on any atom is -0.370 e. The van der Waals surface area contributed by atoms with Crippen LogP contribution in [0.2, 0.25) is 0 Å². The first-order valence-electron chi connectivity index (χ1n) is 5.95. The molecule has 1 unspecified atom stereocenters. The third-order valence-corrected chi connectivity index (χ3v) is 4.28. The Balaban J connectivity index is 2.15. The largest absolute Gasteiger partial charge is 0.370 e. The number of sulfone groups is 1. The third-order valence-electron chi connectivity index (χ3n) is 2.55. The van der Waals surface area contributed by atoms with Crippen molar-refractivity contribution in [3.63, 3.8) is 0 Å². The van der Waals surface area contributed by atoms with E-state index in [1.165, 1.54) is 0 Å². The number of hydrogen-bond acceptors (Lipinski definition) is 6. The predicted octanol–water partition coefficient (Wildman–Crippen LogP) is -2.62. The van der Waals surface area contributed by atoms with Crippen LogP contribution in [0.3, 0.4) is 0 Å². The van der Waals surface area contributed by atoms with Crippen molar-refractivity contribution in [3.8, 4) is 0 Å². The lowest BCUT2D eigenvalue weighted by atomic mass is 10.2.